The molecule has 2 N–H and O–H groups in total. The second-order valence-electron chi connectivity index (χ2n) is 9.32. The van der Waals surface area contributed by atoms with Gasteiger partial charge in [0.1, 0.15) is 11.6 Å². The maximum atomic E-state index is 14.9. The quantitative estimate of drug-likeness (QED) is 0.597. The molecular weight excluding hydrogens is 431 g/mol. The lowest BCUT2D eigenvalue weighted by Crippen LogP contribution is -2.54. The molecule has 1 aromatic heterocycles. The topological polar surface area (TPSA) is 68.7 Å². The number of phenols is 1. The molecule has 0 saturated carbocycles. The average molecular weight is 461 g/mol. The van der Waals surface area contributed by atoms with Gasteiger partial charge in [0.2, 0.25) is 5.91 Å². The van der Waals surface area contributed by atoms with Crippen LogP contribution in [0.5, 0.6) is 5.75 Å². The van der Waals surface area contributed by atoms with Gasteiger partial charge in [0.15, 0.2) is 0 Å². The number of hydrogen-bond donors (Lipinski definition) is 2. The summed E-state index contributed by atoms with van der Waals surface area (Å²) >= 11 is 0. The van der Waals surface area contributed by atoms with Gasteiger partial charge in [-0.1, -0.05) is 24.3 Å². The predicted molar refractivity (Wildman–Crippen MR) is 133 cm³/mol. The van der Waals surface area contributed by atoms with E-state index in [2.05, 4.69) is 29.0 Å². The minimum Gasteiger partial charge on any atom is -0.507 e. The van der Waals surface area contributed by atoms with Crippen LogP contribution >= 0.6 is 0 Å². The van der Waals surface area contributed by atoms with Crippen LogP contribution in [0, 0.1) is 5.82 Å². The number of hydrogen-bond acceptors (Lipinski definition) is 5. The standard InChI is InChI=1S/C27H29FN4O2/c1-17-15-31(16-18(2)30-17)21-11-20(13-29-14-21)23-6-3-5-22(27(23)34)19-8-9-25(24(28)12-19)32-10-4-7-26(32)33/h3,5-6,8-9,11-14,17-18,30,34H,4,7,10,15-16H2,1-2H3. The Labute approximate surface area is 199 Å². The first-order chi connectivity index (χ1) is 16.4. The molecule has 2 aromatic carbocycles. The van der Waals surface area contributed by atoms with Crippen LogP contribution in [0.15, 0.2) is 54.9 Å². The zero-order valence-electron chi connectivity index (χ0n) is 19.5. The van der Waals surface area contributed by atoms with Gasteiger partial charge in [0, 0.05) is 61.0 Å². The average Bonchev–Trinajstić information content (AvgIpc) is 3.24. The lowest BCUT2D eigenvalue weighted by atomic mass is 9.97. The van der Waals surface area contributed by atoms with E-state index in [1.54, 1.807) is 24.4 Å². The molecule has 5 rings (SSSR count). The Bertz CT molecular complexity index is 1220. The minimum atomic E-state index is -0.469. The van der Waals surface area contributed by atoms with Gasteiger partial charge in [-0.15, -0.1) is 0 Å². The molecule has 6 nitrogen and oxygen atoms in total. The number of pyridine rings is 1. The van der Waals surface area contributed by atoms with Crippen LogP contribution in [0.2, 0.25) is 0 Å². The Morgan fingerprint density at radius 2 is 1.76 bits per heavy atom. The highest BCUT2D eigenvalue weighted by molar-refractivity contribution is 5.96. The number of para-hydroxylation sites is 1. The molecule has 0 bridgehead atoms. The number of amides is 1. The van der Waals surface area contributed by atoms with E-state index in [-0.39, 0.29) is 11.7 Å². The molecule has 2 saturated heterocycles. The maximum absolute atomic E-state index is 14.9. The molecule has 2 aliphatic rings. The number of piperazine rings is 1. The number of benzene rings is 2. The molecule has 7 heteroatoms. The van der Waals surface area contributed by atoms with Crippen molar-refractivity contribution in [1.82, 2.24) is 10.3 Å². The van der Waals surface area contributed by atoms with Crippen LogP contribution in [0.4, 0.5) is 15.8 Å². The Morgan fingerprint density at radius 1 is 1.03 bits per heavy atom. The van der Waals surface area contributed by atoms with E-state index in [0.29, 0.717) is 47.4 Å². The van der Waals surface area contributed by atoms with Crippen molar-refractivity contribution >= 4 is 17.3 Å². The highest BCUT2D eigenvalue weighted by atomic mass is 19.1. The summed E-state index contributed by atoms with van der Waals surface area (Å²) in [5, 5.41) is 14.7. The summed E-state index contributed by atoms with van der Waals surface area (Å²) in [6.45, 7) is 6.63. The van der Waals surface area contributed by atoms with Gasteiger partial charge in [-0.25, -0.2) is 4.39 Å². The first-order valence-electron chi connectivity index (χ1n) is 11.8. The van der Waals surface area contributed by atoms with Crippen molar-refractivity contribution in [3.05, 3.63) is 60.7 Å². The number of halogens is 1. The number of carbonyl (C=O) groups excluding carboxylic acids is 1. The number of phenolic OH excluding ortho intramolecular Hbond substituents is 1. The molecule has 176 valence electrons. The van der Waals surface area contributed by atoms with Gasteiger partial charge in [-0.05, 0) is 44.0 Å². The van der Waals surface area contributed by atoms with E-state index >= 15 is 0 Å². The van der Waals surface area contributed by atoms with E-state index in [0.717, 1.165) is 30.8 Å². The molecule has 2 fully saturated rings. The predicted octanol–water partition coefficient (Wildman–Crippen LogP) is 4.57. The smallest absolute Gasteiger partial charge is 0.227 e. The van der Waals surface area contributed by atoms with Crippen LogP contribution < -0.4 is 15.1 Å². The molecule has 3 heterocycles. The van der Waals surface area contributed by atoms with Crippen molar-refractivity contribution in [3.63, 3.8) is 0 Å². The molecule has 0 radical (unpaired) electrons. The van der Waals surface area contributed by atoms with Crippen LogP contribution in [-0.4, -0.2) is 47.7 Å². The zero-order valence-corrected chi connectivity index (χ0v) is 19.5. The monoisotopic (exact) mass is 460 g/mol. The van der Waals surface area contributed by atoms with Crippen molar-refractivity contribution in [1.29, 1.82) is 0 Å². The third-order valence-electron chi connectivity index (χ3n) is 6.62. The van der Waals surface area contributed by atoms with Crippen molar-refractivity contribution in [2.24, 2.45) is 0 Å². The van der Waals surface area contributed by atoms with Crippen LogP contribution in [0.25, 0.3) is 22.3 Å². The molecule has 0 aliphatic carbocycles. The summed E-state index contributed by atoms with van der Waals surface area (Å²) < 4.78 is 14.9. The Balaban J connectivity index is 1.47. The van der Waals surface area contributed by atoms with Crippen molar-refractivity contribution < 1.29 is 14.3 Å². The summed E-state index contributed by atoms with van der Waals surface area (Å²) in [5.41, 5.74) is 3.83. The van der Waals surface area contributed by atoms with Gasteiger partial charge < -0.3 is 20.2 Å². The number of anilines is 2. The summed E-state index contributed by atoms with van der Waals surface area (Å²) in [5.74, 6) is -0.451. The van der Waals surface area contributed by atoms with Crippen molar-refractivity contribution in [3.8, 4) is 28.0 Å². The SMILES string of the molecule is CC1CN(c2cncc(-c3cccc(-c4ccc(N5CCCC5=O)c(F)c4)c3O)c2)CC(C)N1. The van der Waals surface area contributed by atoms with Crippen LogP contribution in [0.1, 0.15) is 26.7 Å². The molecule has 2 atom stereocenters. The number of aromatic hydroxyl groups is 1. The zero-order chi connectivity index (χ0) is 23.8. The number of rotatable bonds is 4. The van der Waals surface area contributed by atoms with Gasteiger partial charge >= 0.3 is 0 Å². The fraction of sp³-hybridized carbons (Fsp3) is 0.333. The van der Waals surface area contributed by atoms with Gasteiger partial charge in [-0.3, -0.25) is 9.78 Å². The Hall–Kier alpha value is -3.45. The van der Waals surface area contributed by atoms with Gasteiger partial charge in [0.25, 0.3) is 0 Å². The molecule has 2 aliphatic heterocycles. The molecule has 2 unspecified atom stereocenters. The molecule has 1 amide bonds. The van der Waals surface area contributed by atoms with E-state index < -0.39 is 5.82 Å². The number of carbonyl (C=O) groups is 1. The Morgan fingerprint density at radius 3 is 2.44 bits per heavy atom. The normalized spacial score (nSPS) is 20.7. The molecule has 0 spiro atoms. The van der Waals surface area contributed by atoms with E-state index in [1.807, 2.05) is 24.4 Å². The van der Waals surface area contributed by atoms with E-state index in [1.165, 1.54) is 11.0 Å². The lowest BCUT2D eigenvalue weighted by Gasteiger charge is -2.37. The second-order valence-corrected chi connectivity index (χ2v) is 9.32. The number of nitrogens with zero attached hydrogens (tertiary/aromatic N) is 3. The molecule has 34 heavy (non-hydrogen) atoms. The molecule has 3 aromatic rings. The van der Waals surface area contributed by atoms with Gasteiger partial charge in [-0.2, -0.15) is 0 Å². The summed E-state index contributed by atoms with van der Waals surface area (Å²) in [6.07, 6.45) is 4.77. The first-order valence-corrected chi connectivity index (χ1v) is 11.8. The number of aromatic nitrogens is 1. The summed E-state index contributed by atoms with van der Waals surface area (Å²) in [4.78, 5) is 20.3. The second kappa shape index (κ2) is 9.06. The first kappa shape index (κ1) is 22.3. The summed E-state index contributed by atoms with van der Waals surface area (Å²) in [7, 11) is 0. The van der Waals surface area contributed by atoms with E-state index in [9.17, 15) is 14.3 Å². The van der Waals surface area contributed by atoms with E-state index in [4.69, 9.17) is 0 Å². The van der Waals surface area contributed by atoms with Crippen LogP contribution in [-0.2, 0) is 4.79 Å². The third-order valence-corrected chi connectivity index (χ3v) is 6.62. The minimum absolute atomic E-state index is 0.0582. The van der Waals surface area contributed by atoms with Crippen LogP contribution in [0.3, 0.4) is 0 Å². The maximum Gasteiger partial charge on any atom is 0.227 e. The fourth-order valence-electron chi connectivity index (χ4n) is 5.09. The lowest BCUT2D eigenvalue weighted by molar-refractivity contribution is -0.117. The number of nitrogens with one attached hydrogen (secondary N) is 1. The van der Waals surface area contributed by atoms with Crippen molar-refractivity contribution in [2.75, 3.05) is 29.4 Å². The molecular formula is C27H29FN4O2. The highest BCUT2D eigenvalue weighted by Gasteiger charge is 2.25. The fourth-order valence-corrected chi connectivity index (χ4v) is 5.09. The highest BCUT2D eigenvalue weighted by Crippen LogP contribution is 2.40. The Kier molecular flexibility index (Phi) is 5.96. The van der Waals surface area contributed by atoms with Crippen molar-refractivity contribution in [2.45, 2.75) is 38.8 Å². The summed E-state index contributed by atoms with van der Waals surface area (Å²) in [6, 6.07) is 13.0. The largest absolute Gasteiger partial charge is 0.507 e. The third kappa shape index (κ3) is 4.23. The van der Waals surface area contributed by atoms with Gasteiger partial charge in [0.05, 0.1) is 17.6 Å².